The van der Waals surface area contributed by atoms with E-state index in [1.165, 1.54) is 19.2 Å². The second-order valence-electron chi connectivity index (χ2n) is 5.57. The Hall–Kier alpha value is -3.05. The Bertz CT molecular complexity index is 969. The summed E-state index contributed by atoms with van der Waals surface area (Å²) in [7, 11) is 1.50. The number of nitrogens with zero attached hydrogens (tertiary/aromatic N) is 1. The Morgan fingerprint density at radius 1 is 1.32 bits per heavy atom. The van der Waals surface area contributed by atoms with Crippen molar-refractivity contribution in [2.24, 2.45) is 5.73 Å². The molecule has 0 radical (unpaired) electrons. The third-order valence-electron chi connectivity index (χ3n) is 4.10. The van der Waals surface area contributed by atoms with Gasteiger partial charge in [0.15, 0.2) is 0 Å². The summed E-state index contributed by atoms with van der Waals surface area (Å²) >= 11 is 0. The maximum Gasteiger partial charge on any atom is 0.249 e. The minimum Gasteiger partial charge on any atom is -0.372 e. The van der Waals surface area contributed by atoms with Gasteiger partial charge in [-0.25, -0.2) is 4.39 Å². The highest BCUT2D eigenvalue weighted by Gasteiger charge is 2.25. The van der Waals surface area contributed by atoms with Crippen LogP contribution in [0.2, 0.25) is 0 Å². The number of halogens is 1. The lowest BCUT2D eigenvalue weighted by atomic mass is 9.91. The van der Waals surface area contributed by atoms with Crippen LogP contribution >= 0.6 is 0 Å². The number of hydrogen-bond donors (Lipinski definition) is 1. The zero-order chi connectivity index (χ0) is 18.0. The zero-order valence-corrected chi connectivity index (χ0v) is 13.7. The van der Waals surface area contributed by atoms with E-state index < -0.39 is 12.0 Å². The monoisotopic (exact) mass is 336 g/mol. The van der Waals surface area contributed by atoms with Gasteiger partial charge in [-0.2, -0.15) is 0 Å². The van der Waals surface area contributed by atoms with Gasteiger partial charge in [-0.1, -0.05) is 30.9 Å². The molecule has 1 unspecified atom stereocenters. The number of benzene rings is 2. The minimum absolute atomic E-state index is 0.275. The molecule has 0 bridgehead atoms. The van der Waals surface area contributed by atoms with Crippen LogP contribution in [0.1, 0.15) is 33.2 Å². The molecule has 126 valence electrons. The molecule has 0 aliphatic rings. The van der Waals surface area contributed by atoms with Gasteiger partial charge in [-0.15, -0.1) is 0 Å². The molecule has 0 aliphatic carbocycles. The standard InChI is InChI=1S/C20H17FN2O2/c1-3-12-11-16(20(22)24)17(18-15(12)8-5-9-23-18)19(25-2)13-6-4-7-14(21)10-13/h3-11,19H,1H2,2H3,(H2,22,24). The van der Waals surface area contributed by atoms with Crippen molar-refractivity contribution in [3.63, 3.8) is 0 Å². The van der Waals surface area contributed by atoms with Crippen molar-refractivity contribution in [1.29, 1.82) is 0 Å². The Kier molecular flexibility index (Phi) is 4.59. The van der Waals surface area contributed by atoms with Crippen LogP contribution in [0.15, 0.2) is 55.2 Å². The second-order valence-corrected chi connectivity index (χ2v) is 5.57. The molecule has 1 atom stereocenters. The zero-order valence-electron chi connectivity index (χ0n) is 13.7. The van der Waals surface area contributed by atoms with E-state index in [0.717, 1.165) is 10.9 Å². The molecule has 1 heterocycles. The van der Waals surface area contributed by atoms with Crippen LogP contribution in [0.5, 0.6) is 0 Å². The molecule has 2 N–H and O–H groups in total. The molecule has 3 rings (SSSR count). The largest absolute Gasteiger partial charge is 0.372 e. The first-order chi connectivity index (χ1) is 12.1. The van der Waals surface area contributed by atoms with Crippen molar-refractivity contribution in [3.05, 3.63) is 83.3 Å². The quantitative estimate of drug-likeness (QED) is 0.769. The molecule has 2 aromatic carbocycles. The van der Waals surface area contributed by atoms with Gasteiger partial charge in [0.2, 0.25) is 5.91 Å². The number of carbonyl (C=O) groups excluding carboxylic acids is 1. The van der Waals surface area contributed by atoms with Crippen molar-refractivity contribution >= 4 is 22.9 Å². The summed E-state index contributed by atoms with van der Waals surface area (Å²) in [6.45, 7) is 3.79. The van der Waals surface area contributed by atoms with Crippen LogP contribution < -0.4 is 5.73 Å². The predicted molar refractivity (Wildman–Crippen MR) is 95.6 cm³/mol. The number of nitrogens with two attached hydrogens (primary N) is 1. The lowest BCUT2D eigenvalue weighted by Crippen LogP contribution is -2.18. The molecule has 0 saturated heterocycles. The van der Waals surface area contributed by atoms with Crippen LogP contribution in [0.4, 0.5) is 4.39 Å². The topological polar surface area (TPSA) is 65.2 Å². The lowest BCUT2D eigenvalue weighted by molar-refractivity contribution is 0.0988. The van der Waals surface area contributed by atoms with Crippen LogP contribution in [-0.2, 0) is 4.74 Å². The number of carbonyl (C=O) groups is 1. The van der Waals surface area contributed by atoms with Crippen LogP contribution in [0.25, 0.3) is 17.0 Å². The molecular weight excluding hydrogens is 319 g/mol. The third-order valence-corrected chi connectivity index (χ3v) is 4.10. The summed E-state index contributed by atoms with van der Waals surface area (Å²) < 4.78 is 19.3. The molecule has 25 heavy (non-hydrogen) atoms. The maximum atomic E-state index is 13.7. The van der Waals surface area contributed by atoms with Gasteiger partial charge in [0, 0.05) is 29.8 Å². The second kappa shape index (κ2) is 6.83. The molecule has 3 aromatic rings. The number of hydrogen-bond acceptors (Lipinski definition) is 3. The Morgan fingerprint density at radius 3 is 2.76 bits per heavy atom. The number of ether oxygens (including phenoxy) is 1. The van der Waals surface area contributed by atoms with Crippen LogP contribution in [-0.4, -0.2) is 18.0 Å². The summed E-state index contributed by atoms with van der Waals surface area (Å²) in [5.74, 6) is -0.996. The third kappa shape index (κ3) is 3.02. The number of aromatic nitrogens is 1. The SMILES string of the molecule is C=Cc1cc(C(N)=O)c(C(OC)c2cccc(F)c2)c2ncccc12. The predicted octanol–water partition coefficient (Wildman–Crippen LogP) is 3.85. The van der Waals surface area contributed by atoms with E-state index in [1.807, 2.05) is 6.07 Å². The van der Waals surface area contributed by atoms with Crippen molar-refractivity contribution in [1.82, 2.24) is 4.98 Å². The molecule has 0 spiro atoms. The summed E-state index contributed by atoms with van der Waals surface area (Å²) in [6, 6.07) is 11.4. The Morgan fingerprint density at radius 2 is 2.12 bits per heavy atom. The summed E-state index contributed by atoms with van der Waals surface area (Å²) in [6.07, 6.45) is 2.58. The van der Waals surface area contributed by atoms with E-state index >= 15 is 0 Å². The van der Waals surface area contributed by atoms with E-state index in [0.29, 0.717) is 16.6 Å². The minimum atomic E-state index is -0.686. The summed E-state index contributed by atoms with van der Waals surface area (Å²) in [4.78, 5) is 16.5. The maximum absolute atomic E-state index is 13.7. The first kappa shape index (κ1) is 16.8. The van der Waals surface area contributed by atoms with E-state index in [1.54, 1.807) is 36.5 Å². The number of fused-ring (bicyclic) bond motifs is 1. The van der Waals surface area contributed by atoms with Gasteiger partial charge in [-0.05, 0) is 35.4 Å². The fourth-order valence-corrected chi connectivity index (χ4v) is 3.02. The number of methoxy groups -OCH3 is 1. The Labute approximate surface area is 144 Å². The van der Waals surface area contributed by atoms with E-state index in [4.69, 9.17) is 10.5 Å². The van der Waals surface area contributed by atoms with Gasteiger partial charge < -0.3 is 10.5 Å². The number of amides is 1. The van der Waals surface area contributed by atoms with Crippen molar-refractivity contribution in [2.45, 2.75) is 6.10 Å². The van der Waals surface area contributed by atoms with E-state index in [2.05, 4.69) is 11.6 Å². The molecule has 0 fully saturated rings. The average Bonchev–Trinajstić information content (AvgIpc) is 2.62. The number of rotatable bonds is 5. The molecule has 0 aliphatic heterocycles. The van der Waals surface area contributed by atoms with Crippen LogP contribution in [0, 0.1) is 5.82 Å². The highest BCUT2D eigenvalue weighted by Crippen LogP contribution is 2.35. The van der Waals surface area contributed by atoms with Crippen molar-refractivity contribution in [2.75, 3.05) is 7.11 Å². The van der Waals surface area contributed by atoms with Gasteiger partial charge in [-0.3, -0.25) is 9.78 Å². The molecule has 1 aromatic heterocycles. The average molecular weight is 336 g/mol. The first-order valence-corrected chi connectivity index (χ1v) is 7.69. The highest BCUT2D eigenvalue weighted by molar-refractivity contribution is 6.03. The molecule has 4 nitrogen and oxygen atoms in total. The van der Waals surface area contributed by atoms with Gasteiger partial charge >= 0.3 is 0 Å². The normalized spacial score (nSPS) is 12.1. The first-order valence-electron chi connectivity index (χ1n) is 7.69. The van der Waals surface area contributed by atoms with Gasteiger partial charge in [0.1, 0.15) is 11.9 Å². The lowest BCUT2D eigenvalue weighted by Gasteiger charge is -2.21. The van der Waals surface area contributed by atoms with E-state index in [-0.39, 0.29) is 11.4 Å². The molecule has 1 amide bonds. The Balaban J connectivity index is 2.38. The van der Waals surface area contributed by atoms with Crippen molar-refractivity contribution < 1.29 is 13.9 Å². The highest BCUT2D eigenvalue weighted by atomic mass is 19.1. The molecule has 0 saturated carbocycles. The number of pyridine rings is 1. The summed E-state index contributed by atoms with van der Waals surface area (Å²) in [5, 5.41) is 0.816. The van der Waals surface area contributed by atoms with Gasteiger partial charge in [0.25, 0.3) is 0 Å². The van der Waals surface area contributed by atoms with E-state index in [9.17, 15) is 9.18 Å². The number of primary amides is 1. The fraction of sp³-hybridized carbons (Fsp3) is 0.100. The van der Waals surface area contributed by atoms with Crippen molar-refractivity contribution in [3.8, 4) is 0 Å². The molecule has 5 heteroatoms. The molecular formula is C20H17FN2O2. The fourth-order valence-electron chi connectivity index (χ4n) is 3.02. The smallest absolute Gasteiger partial charge is 0.249 e. The summed E-state index contributed by atoms with van der Waals surface area (Å²) in [5.41, 5.74) is 8.28. The van der Waals surface area contributed by atoms with Crippen LogP contribution in [0.3, 0.4) is 0 Å². The van der Waals surface area contributed by atoms with Gasteiger partial charge in [0.05, 0.1) is 5.52 Å².